The SMILES string of the molecule is COC(=O)/C=C1/CCC[C@@]2(C(=O)OC)CCC=C[C@H]12. The number of esters is 2. The van der Waals surface area contributed by atoms with Crippen molar-refractivity contribution in [3.05, 3.63) is 23.8 Å². The van der Waals surface area contributed by atoms with E-state index in [4.69, 9.17) is 9.47 Å². The Kier molecular flexibility index (Phi) is 4.08. The van der Waals surface area contributed by atoms with Crippen molar-refractivity contribution in [2.75, 3.05) is 14.2 Å². The average Bonchev–Trinajstić information content (AvgIpc) is 2.46. The first-order valence-electron chi connectivity index (χ1n) is 6.67. The van der Waals surface area contributed by atoms with Crippen molar-refractivity contribution in [2.45, 2.75) is 32.1 Å². The zero-order valence-corrected chi connectivity index (χ0v) is 11.5. The molecule has 0 spiro atoms. The first-order valence-corrected chi connectivity index (χ1v) is 6.67. The van der Waals surface area contributed by atoms with E-state index in [0.717, 1.165) is 37.7 Å². The molecule has 0 aliphatic heterocycles. The van der Waals surface area contributed by atoms with Gasteiger partial charge in [-0.1, -0.05) is 17.7 Å². The van der Waals surface area contributed by atoms with Gasteiger partial charge in [-0.2, -0.15) is 0 Å². The van der Waals surface area contributed by atoms with Crippen LogP contribution < -0.4 is 0 Å². The fraction of sp³-hybridized carbons (Fsp3) is 0.600. The Morgan fingerprint density at radius 2 is 2.11 bits per heavy atom. The molecule has 104 valence electrons. The molecule has 0 aromatic carbocycles. The summed E-state index contributed by atoms with van der Waals surface area (Å²) >= 11 is 0. The lowest BCUT2D eigenvalue weighted by Crippen LogP contribution is -2.43. The van der Waals surface area contributed by atoms with Gasteiger partial charge in [-0.25, -0.2) is 4.79 Å². The normalized spacial score (nSPS) is 31.7. The number of carbonyl (C=O) groups excluding carboxylic acids is 2. The highest BCUT2D eigenvalue weighted by Gasteiger charge is 2.49. The third-order valence-electron chi connectivity index (χ3n) is 4.27. The second-order valence-corrected chi connectivity index (χ2v) is 5.19. The van der Waals surface area contributed by atoms with Crippen molar-refractivity contribution in [2.24, 2.45) is 11.3 Å². The second-order valence-electron chi connectivity index (χ2n) is 5.19. The molecule has 19 heavy (non-hydrogen) atoms. The van der Waals surface area contributed by atoms with Crippen molar-refractivity contribution in [1.29, 1.82) is 0 Å². The lowest BCUT2D eigenvalue weighted by Gasteiger charge is -2.43. The molecule has 0 N–H and O–H groups in total. The Balaban J connectivity index is 2.37. The van der Waals surface area contributed by atoms with Gasteiger partial charge >= 0.3 is 11.9 Å². The van der Waals surface area contributed by atoms with E-state index in [1.165, 1.54) is 20.3 Å². The standard InChI is InChI=1S/C15H20O4/c1-18-13(16)10-11-6-5-9-15(14(17)19-2)8-4-3-7-12(11)15/h3,7,10,12H,4-6,8-9H2,1-2H3/b11-10-/t12-,15+/m1/s1. The number of ether oxygens (including phenoxy) is 2. The first kappa shape index (κ1) is 13.8. The summed E-state index contributed by atoms with van der Waals surface area (Å²) < 4.78 is 9.71. The minimum absolute atomic E-state index is 0.0263. The van der Waals surface area contributed by atoms with Gasteiger partial charge in [0.15, 0.2) is 0 Å². The van der Waals surface area contributed by atoms with Crippen LogP contribution >= 0.6 is 0 Å². The van der Waals surface area contributed by atoms with E-state index in [9.17, 15) is 9.59 Å². The van der Waals surface area contributed by atoms with Gasteiger partial charge in [0.1, 0.15) is 0 Å². The molecule has 0 heterocycles. The van der Waals surface area contributed by atoms with Crippen LogP contribution in [0.5, 0.6) is 0 Å². The molecule has 2 atom stereocenters. The summed E-state index contributed by atoms with van der Waals surface area (Å²) in [4.78, 5) is 23.7. The zero-order valence-electron chi connectivity index (χ0n) is 11.5. The van der Waals surface area contributed by atoms with Crippen LogP contribution in [-0.2, 0) is 19.1 Å². The van der Waals surface area contributed by atoms with Crippen LogP contribution in [0.3, 0.4) is 0 Å². The van der Waals surface area contributed by atoms with Crippen molar-refractivity contribution >= 4 is 11.9 Å². The number of rotatable bonds is 2. The molecule has 0 amide bonds. The molecular formula is C15H20O4. The van der Waals surface area contributed by atoms with Gasteiger partial charge in [-0.3, -0.25) is 4.79 Å². The number of allylic oxidation sites excluding steroid dienone is 3. The second kappa shape index (κ2) is 5.59. The van der Waals surface area contributed by atoms with Crippen molar-refractivity contribution in [3.63, 3.8) is 0 Å². The molecule has 0 aromatic rings. The van der Waals surface area contributed by atoms with Gasteiger partial charge in [-0.05, 0) is 32.1 Å². The van der Waals surface area contributed by atoms with Gasteiger partial charge < -0.3 is 9.47 Å². The van der Waals surface area contributed by atoms with E-state index in [-0.39, 0.29) is 17.9 Å². The lowest BCUT2D eigenvalue weighted by molar-refractivity contribution is -0.157. The molecule has 0 unspecified atom stereocenters. The van der Waals surface area contributed by atoms with Gasteiger partial charge in [-0.15, -0.1) is 0 Å². The molecule has 2 aliphatic rings. The highest BCUT2D eigenvalue weighted by Crippen LogP contribution is 2.51. The summed E-state index contributed by atoms with van der Waals surface area (Å²) in [6, 6.07) is 0. The van der Waals surface area contributed by atoms with Crippen LogP contribution in [0.1, 0.15) is 32.1 Å². The maximum atomic E-state index is 12.2. The Bertz CT molecular complexity index is 435. The number of carbonyl (C=O) groups is 2. The Morgan fingerprint density at radius 3 is 2.79 bits per heavy atom. The molecule has 0 bridgehead atoms. The van der Waals surface area contributed by atoms with Crippen molar-refractivity contribution in [1.82, 2.24) is 0 Å². The van der Waals surface area contributed by atoms with E-state index >= 15 is 0 Å². The molecule has 0 radical (unpaired) electrons. The number of hydrogen-bond donors (Lipinski definition) is 0. The summed E-state index contributed by atoms with van der Waals surface area (Å²) in [5.41, 5.74) is 0.501. The molecular weight excluding hydrogens is 244 g/mol. The van der Waals surface area contributed by atoms with Crippen LogP contribution in [0.25, 0.3) is 0 Å². The largest absolute Gasteiger partial charge is 0.469 e. The third-order valence-corrected chi connectivity index (χ3v) is 4.27. The summed E-state index contributed by atoms with van der Waals surface area (Å²) in [6.07, 6.45) is 9.92. The van der Waals surface area contributed by atoms with Gasteiger partial charge in [0, 0.05) is 12.0 Å². The van der Waals surface area contributed by atoms with Crippen LogP contribution in [-0.4, -0.2) is 26.2 Å². The molecule has 1 fully saturated rings. The molecule has 2 aliphatic carbocycles. The fourth-order valence-corrected chi connectivity index (χ4v) is 3.34. The van der Waals surface area contributed by atoms with Crippen molar-refractivity contribution < 1.29 is 19.1 Å². The molecule has 4 heteroatoms. The minimum Gasteiger partial charge on any atom is -0.469 e. The van der Waals surface area contributed by atoms with E-state index in [0.29, 0.717) is 0 Å². The van der Waals surface area contributed by atoms with Crippen LogP contribution in [0.4, 0.5) is 0 Å². The number of fused-ring (bicyclic) bond motifs is 1. The molecule has 4 nitrogen and oxygen atoms in total. The number of hydrogen-bond acceptors (Lipinski definition) is 4. The summed E-state index contributed by atoms with van der Waals surface area (Å²) in [6.45, 7) is 0. The highest BCUT2D eigenvalue weighted by atomic mass is 16.5. The molecule has 0 saturated heterocycles. The first-order chi connectivity index (χ1) is 9.14. The Hall–Kier alpha value is -1.58. The minimum atomic E-state index is -0.485. The summed E-state index contributed by atoms with van der Waals surface area (Å²) in [5.74, 6) is -0.534. The quantitative estimate of drug-likeness (QED) is 0.436. The average molecular weight is 264 g/mol. The monoisotopic (exact) mass is 264 g/mol. The van der Waals surface area contributed by atoms with Gasteiger partial charge in [0.05, 0.1) is 19.6 Å². The molecule has 1 saturated carbocycles. The smallest absolute Gasteiger partial charge is 0.330 e. The molecule has 2 rings (SSSR count). The van der Waals surface area contributed by atoms with E-state index < -0.39 is 5.41 Å². The molecule has 0 aromatic heterocycles. The zero-order chi connectivity index (χ0) is 13.9. The predicted molar refractivity (Wildman–Crippen MR) is 70.3 cm³/mol. The Labute approximate surface area is 113 Å². The van der Waals surface area contributed by atoms with Crippen LogP contribution in [0, 0.1) is 11.3 Å². The summed E-state index contributed by atoms with van der Waals surface area (Å²) in [7, 11) is 2.80. The maximum absolute atomic E-state index is 12.2. The van der Waals surface area contributed by atoms with Crippen LogP contribution in [0.2, 0.25) is 0 Å². The van der Waals surface area contributed by atoms with Gasteiger partial charge in [0.2, 0.25) is 0 Å². The van der Waals surface area contributed by atoms with Crippen molar-refractivity contribution in [3.8, 4) is 0 Å². The maximum Gasteiger partial charge on any atom is 0.330 e. The van der Waals surface area contributed by atoms with Crippen LogP contribution in [0.15, 0.2) is 23.8 Å². The third kappa shape index (κ3) is 2.44. The van der Waals surface area contributed by atoms with Gasteiger partial charge in [0.25, 0.3) is 0 Å². The Morgan fingerprint density at radius 1 is 1.32 bits per heavy atom. The van der Waals surface area contributed by atoms with E-state index in [1.807, 2.05) is 6.08 Å². The topological polar surface area (TPSA) is 52.6 Å². The number of methoxy groups -OCH3 is 2. The predicted octanol–water partition coefficient (Wildman–Crippen LogP) is 2.40. The summed E-state index contributed by atoms with van der Waals surface area (Å²) in [5, 5.41) is 0. The van der Waals surface area contributed by atoms with E-state index in [1.54, 1.807) is 0 Å². The highest BCUT2D eigenvalue weighted by molar-refractivity contribution is 5.84. The lowest BCUT2D eigenvalue weighted by atomic mass is 9.60. The fourth-order valence-electron chi connectivity index (χ4n) is 3.34. The van der Waals surface area contributed by atoms with E-state index in [2.05, 4.69) is 6.08 Å².